The van der Waals surface area contributed by atoms with Crippen LogP contribution in [-0.4, -0.2) is 41.9 Å². The van der Waals surface area contributed by atoms with Crippen molar-refractivity contribution in [2.24, 2.45) is 5.92 Å². The lowest BCUT2D eigenvalue weighted by Crippen LogP contribution is -2.54. The van der Waals surface area contributed by atoms with Gasteiger partial charge in [-0.25, -0.2) is 0 Å². The van der Waals surface area contributed by atoms with Crippen molar-refractivity contribution in [2.45, 2.75) is 57.0 Å². The molecule has 3 fully saturated rings. The van der Waals surface area contributed by atoms with E-state index in [4.69, 9.17) is 4.74 Å². The topological polar surface area (TPSA) is 58.6 Å². The number of nitrogens with one attached hydrogen (secondary N) is 1. The second-order valence-corrected chi connectivity index (χ2v) is 8.70. The van der Waals surface area contributed by atoms with Gasteiger partial charge in [-0.3, -0.25) is 9.59 Å². The van der Waals surface area contributed by atoms with Crippen LogP contribution in [0.1, 0.15) is 55.1 Å². The largest absolute Gasteiger partial charge is 0.495 e. The van der Waals surface area contributed by atoms with Gasteiger partial charge in [-0.2, -0.15) is 0 Å². The van der Waals surface area contributed by atoms with E-state index in [1.165, 1.54) is 29.8 Å². The van der Waals surface area contributed by atoms with E-state index in [-0.39, 0.29) is 23.4 Å². The van der Waals surface area contributed by atoms with Gasteiger partial charge < -0.3 is 15.0 Å². The molecule has 26 heavy (non-hydrogen) atoms. The zero-order chi connectivity index (χ0) is 18.3. The van der Waals surface area contributed by atoms with Gasteiger partial charge in [0.25, 0.3) is 5.91 Å². The maximum atomic E-state index is 12.8. The molecule has 0 aromatic carbocycles. The molecule has 1 saturated heterocycles. The molecule has 140 valence electrons. The van der Waals surface area contributed by atoms with Gasteiger partial charge in [0.2, 0.25) is 5.91 Å². The van der Waals surface area contributed by atoms with E-state index < -0.39 is 0 Å². The normalized spacial score (nSPS) is 28.2. The lowest BCUT2D eigenvalue weighted by Gasteiger charge is -2.33. The van der Waals surface area contributed by atoms with Crippen molar-refractivity contribution in [1.82, 2.24) is 10.2 Å². The number of nitrogens with zero attached hydrogens (tertiary/aromatic N) is 1. The fourth-order valence-corrected chi connectivity index (χ4v) is 5.34. The van der Waals surface area contributed by atoms with Gasteiger partial charge in [-0.05, 0) is 62.8 Å². The Balaban J connectivity index is 1.50. The Morgan fingerprint density at radius 3 is 2.88 bits per heavy atom. The summed E-state index contributed by atoms with van der Waals surface area (Å²) in [5.74, 6) is 1.27. The molecule has 1 aromatic rings. The first-order valence-electron chi connectivity index (χ1n) is 9.47. The number of hydrogen-bond donors (Lipinski definition) is 1. The average Bonchev–Trinajstić information content (AvgIpc) is 3.07. The minimum absolute atomic E-state index is 0.0808. The van der Waals surface area contributed by atoms with E-state index in [0.29, 0.717) is 16.5 Å². The number of methoxy groups -OCH3 is 1. The Morgan fingerprint density at radius 1 is 1.35 bits per heavy atom. The van der Waals surface area contributed by atoms with Gasteiger partial charge in [-0.1, -0.05) is 5.57 Å². The van der Waals surface area contributed by atoms with Crippen molar-refractivity contribution >= 4 is 23.2 Å². The molecule has 3 aliphatic rings. The maximum absolute atomic E-state index is 12.8. The summed E-state index contributed by atoms with van der Waals surface area (Å²) in [6, 6.07) is 1.92. The molecule has 1 aliphatic heterocycles. The predicted molar refractivity (Wildman–Crippen MR) is 102 cm³/mol. The minimum Gasteiger partial charge on any atom is -0.495 e. The standard InChI is InChI=1S/C20H26N2O3S/c1-13(14-5-6-14)12-17(23)22-10-9-20(8-3-4-16(20)22)21-19(24)18-15(25-2)7-11-26-18/h7,11-12,14,16H,3-6,8-10H2,1-2H3,(H,21,24)/b13-12+. The molecule has 5 nitrogen and oxygen atoms in total. The molecule has 1 N–H and O–H groups in total. The third-order valence-electron chi connectivity index (χ3n) is 6.19. The molecule has 0 bridgehead atoms. The number of rotatable bonds is 5. The van der Waals surface area contributed by atoms with E-state index in [2.05, 4.69) is 12.2 Å². The number of carbonyl (C=O) groups is 2. The molecular weight excluding hydrogens is 348 g/mol. The van der Waals surface area contributed by atoms with Gasteiger partial charge in [0.1, 0.15) is 10.6 Å². The van der Waals surface area contributed by atoms with E-state index in [1.54, 1.807) is 7.11 Å². The van der Waals surface area contributed by atoms with Crippen molar-refractivity contribution in [3.8, 4) is 5.75 Å². The third kappa shape index (κ3) is 3.04. The Kier molecular flexibility index (Phi) is 4.55. The Labute approximate surface area is 158 Å². The highest BCUT2D eigenvalue weighted by Gasteiger charge is 2.52. The molecule has 2 amide bonds. The van der Waals surface area contributed by atoms with Crippen LogP contribution in [0.5, 0.6) is 5.75 Å². The van der Waals surface area contributed by atoms with Crippen LogP contribution in [0, 0.1) is 5.92 Å². The van der Waals surface area contributed by atoms with Crippen LogP contribution >= 0.6 is 11.3 Å². The number of ether oxygens (including phenoxy) is 1. The van der Waals surface area contributed by atoms with Crippen molar-refractivity contribution in [1.29, 1.82) is 0 Å². The van der Waals surface area contributed by atoms with Crippen LogP contribution in [0.2, 0.25) is 0 Å². The molecule has 4 rings (SSSR count). The second-order valence-electron chi connectivity index (χ2n) is 7.78. The first-order chi connectivity index (χ1) is 12.5. The molecule has 0 spiro atoms. The van der Waals surface area contributed by atoms with Crippen LogP contribution in [0.25, 0.3) is 0 Å². The van der Waals surface area contributed by atoms with Gasteiger partial charge in [0.15, 0.2) is 0 Å². The number of fused-ring (bicyclic) bond motifs is 1. The zero-order valence-electron chi connectivity index (χ0n) is 15.4. The van der Waals surface area contributed by atoms with Crippen LogP contribution in [-0.2, 0) is 4.79 Å². The van der Waals surface area contributed by atoms with Crippen molar-refractivity contribution < 1.29 is 14.3 Å². The lowest BCUT2D eigenvalue weighted by molar-refractivity contribution is -0.127. The molecule has 2 atom stereocenters. The zero-order valence-corrected chi connectivity index (χ0v) is 16.2. The monoisotopic (exact) mass is 374 g/mol. The predicted octanol–water partition coefficient (Wildman–Crippen LogP) is 3.37. The number of amides is 2. The highest BCUT2D eigenvalue weighted by Crippen LogP contribution is 2.43. The van der Waals surface area contributed by atoms with E-state index in [0.717, 1.165) is 32.2 Å². The number of carbonyl (C=O) groups excluding carboxylic acids is 2. The Morgan fingerprint density at radius 2 is 2.15 bits per heavy atom. The Hall–Kier alpha value is -1.82. The fraction of sp³-hybridized carbons (Fsp3) is 0.600. The lowest BCUT2D eigenvalue weighted by atomic mass is 9.92. The number of allylic oxidation sites excluding steroid dienone is 1. The Bertz CT molecular complexity index is 752. The van der Waals surface area contributed by atoms with Gasteiger partial charge >= 0.3 is 0 Å². The molecule has 6 heteroatoms. The maximum Gasteiger partial charge on any atom is 0.265 e. The van der Waals surface area contributed by atoms with E-state index in [9.17, 15) is 9.59 Å². The third-order valence-corrected chi connectivity index (χ3v) is 7.08. The van der Waals surface area contributed by atoms with Gasteiger partial charge in [0.05, 0.1) is 18.7 Å². The van der Waals surface area contributed by atoms with E-state index >= 15 is 0 Å². The highest BCUT2D eigenvalue weighted by atomic mass is 32.1. The van der Waals surface area contributed by atoms with Crippen LogP contribution < -0.4 is 10.1 Å². The first kappa shape index (κ1) is 17.6. The quantitative estimate of drug-likeness (QED) is 0.804. The summed E-state index contributed by atoms with van der Waals surface area (Å²) in [6.07, 6.45) is 8.02. The number of likely N-dealkylation sites (tertiary alicyclic amines) is 1. The second kappa shape index (κ2) is 6.72. The van der Waals surface area contributed by atoms with E-state index in [1.807, 2.05) is 22.4 Å². The molecule has 1 aromatic heterocycles. The summed E-state index contributed by atoms with van der Waals surface area (Å²) in [5.41, 5.74) is 0.918. The molecule has 2 saturated carbocycles. The SMILES string of the molecule is COc1ccsc1C(=O)NC12CCCC1N(C(=O)/C=C(\C)C1CC1)CC2. The number of thiophene rings is 1. The summed E-state index contributed by atoms with van der Waals surface area (Å²) in [7, 11) is 1.58. The minimum atomic E-state index is -0.289. The van der Waals surface area contributed by atoms with Crippen LogP contribution in [0.3, 0.4) is 0 Å². The molecule has 2 heterocycles. The summed E-state index contributed by atoms with van der Waals surface area (Å²) in [6.45, 7) is 2.79. The first-order valence-corrected chi connectivity index (χ1v) is 10.3. The fourth-order valence-electron chi connectivity index (χ4n) is 4.59. The number of hydrogen-bond acceptors (Lipinski definition) is 4. The summed E-state index contributed by atoms with van der Waals surface area (Å²) in [4.78, 5) is 28.2. The summed E-state index contributed by atoms with van der Waals surface area (Å²) >= 11 is 1.39. The van der Waals surface area contributed by atoms with Crippen LogP contribution in [0.15, 0.2) is 23.1 Å². The van der Waals surface area contributed by atoms with Gasteiger partial charge in [0, 0.05) is 12.6 Å². The summed E-state index contributed by atoms with van der Waals surface area (Å²) < 4.78 is 5.29. The molecular formula is C20H26N2O3S. The van der Waals surface area contributed by atoms with Crippen molar-refractivity contribution in [3.63, 3.8) is 0 Å². The van der Waals surface area contributed by atoms with Crippen molar-refractivity contribution in [3.05, 3.63) is 28.0 Å². The van der Waals surface area contributed by atoms with Gasteiger partial charge in [-0.15, -0.1) is 11.3 Å². The molecule has 0 radical (unpaired) electrons. The summed E-state index contributed by atoms with van der Waals surface area (Å²) in [5, 5.41) is 5.15. The highest BCUT2D eigenvalue weighted by molar-refractivity contribution is 7.12. The molecule has 2 unspecified atom stereocenters. The van der Waals surface area contributed by atoms with Crippen LogP contribution in [0.4, 0.5) is 0 Å². The smallest absolute Gasteiger partial charge is 0.265 e. The average molecular weight is 375 g/mol. The molecule has 2 aliphatic carbocycles. The van der Waals surface area contributed by atoms with Crippen molar-refractivity contribution in [2.75, 3.05) is 13.7 Å².